The maximum Gasteiger partial charge on any atom is 0.211 e. The zero-order chi connectivity index (χ0) is 17.1. The van der Waals surface area contributed by atoms with Crippen LogP contribution in [0.1, 0.15) is 71.5 Å². The molecular weight excluding hydrogens is 298 g/mol. The maximum atomic E-state index is 11.9. The van der Waals surface area contributed by atoms with Gasteiger partial charge in [0.15, 0.2) is 0 Å². The Morgan fingerprint density at radius 1 is 1.36 bits per heavy atom. The van der Waals surface area contributed by atoms with E-state index in [4.69, 9.17) is 0 Å². The molecule has 0 saturated carbocycles. The summed E-state index contributed by atoms with van der Waals surface area (Å²) in [5.74, 6) is 0.300. The summed E-state index contributed by atoms with van der Waals surface area (Å²) in [6.07, 6.45) is 5.97. The van der Waals surface area contributed by atoms with Gasteiger partial charge in [-0.05, 0) is 46.6 Å². The van der Waals surface area contributed by atoms with E-state index in [9.17, 15) is 8.42 Å². The van der Waals surface area contributed by atoms with Gasteiger partial charge in [0.05, 0.1) is 6.26 Å². The van der Waals surface area contributed by atoms with E-state index in [2.05, 4.69) is 36.6 Å². The van der Waals surface area contributed by atoms with Crippen molar-refractivity contribution in [3.05, 3.63) is 18.0 Å². The van der Waals surface area contributed by atoms with Crippen LogP contribution in [-0.2, 0) is 10.0 Å². The summed E-state index contributed by atoms with van der Waals surface area (Å²) in [4.78, 5) is 0. The highest BCUT2D eigenvalue weighted by Crippen LogP contribution is 2.34. The molecule has 22 heavy (non-hydrogen) atoms. The molecule has 0 amide bonds. The Kier molecular flexibility index (Phi) is 6.21. The van der Waals surface area contributed by atoms with Crippen LogP contribution in [0.25, 0.3) is 0 Å². The van der Waals surface area contributed by atoms with E-state index in [1.807, 2.05) is 20.0 Å². The maximum absolute atomic E-state index is 11.9. The van der Waals surface area contributed by atoms with Gasteiger partial charge in [-0.15, -0.1) is 0 Å². The number of hydrogen-bond acceptors (Lipinski definition) is 3. The lowest BCUT2D eigenvalue weighted by atomic mass is 9.85. The van der Waals surface area contributed by atoms with Gasteiger partial charge in [-0.2, -0.15) is 9.40 Å². The van der Waals surface area contributed by atoms with E-state index in [-0.39, 0.29) is 0 Å². The highest BCUT2D eigenvalue weighted by Gasteiger charge is 2.34. The SMILES string of the molecule is CCCC(CC(C)(C)N(C)S(C)(=O)=O)c1ccnn1C(C)C. The Balaban J connectivity index is 3.09. The first kappa shape index (κ1) is 19.2. The summed E-state index contributed by atoms with van der Waals surface area (Å²) < 4.78 is 27.3. The smallest absolute Gasteiger partial charge is 0.211 e. The van der Waals surface area contributed by atoms with Crippen molar-refractivity contribution in [1.82, 2.24) is 14.1 Å². The molecule has 6 heteroatoms. The zero-order valence-electron chi connectivity index (χ0n) is 15.0. The minimum atomic E-state index is -3.21. The van der Waals surface area contributed by atoms with Crippen LogP contribution in [-0.4, -0.2) is 41.3 Å². The molecule has 0 aliphatic carbocycles. The van der Waals surface area contributed by atoms with Crippen molar-refractivity contribution in [1.29, 1.82) is 0 Å². The van der Waals surface area contributed by atoms with Gasteiger partial charge in [0.1, 0.15) is 0 Å². The minimum Gasteiger partial charge on any atom is -0.267 e. The molecule has 1 unspecified atom stereocenters. The van der Waals surface area contributed by atoms with Gasteiger partial charge in [0, 0.05) is 36.4 Å². The molecule has 0 fully saturated rings. The Labute approximate surface area is 135 Å². The predicted molar refractivity (Wildman–Crippen MR) is 91.6 cm³/mol. The van der Waals surface area contributed by atoms with Gasteiger partial charge in [-0.1, -0.05) is 13.3 Å². The third-order valence-electron chi connectivity index (χ3n) is 4.34. The third kappa shape index (κ3) is 4.56. The second kappa shape index (κ2) is 7.13. The van der Waals surface area contributed by atoms with Crippen molar-refractivity contribution in [2.45, 2.75) is 71.4 Å². The second-order valence-electron chi connectivity index (χ2n) is 7.03. The van der Waals surface area contributed by atoms with Crippen molar-refractivity contribution in [2.75, 3.05) is 13.3 Å². The normalized spacial score (nSPS) is 14.8. The molecule has 1 heterocycles. The van der Waals surface area contributed by atoms with Crippen LogP contribution < -0.4 is 0 Å². The Morgan fingerprint density at radius 2 is 1.95 bits per heavy atom. The van der Waals surface area contributed by atoms with Gasteiger partial charge in [0.2, 0.25) is 10.0 Å². The van der Waals surface area contributed by atoms with Crippen LogP contribution in [0.5, 0.6) is 0 Å². The van der Waals surface area contributed by atoms with Crippen LogP contribution in [0, 0.1) is 0 Å². The molecule has 0 aromatic carbocycles. The van der Waals surface area contributed by atoms with Crippen LogP contribution in [0.15, 0.2) is 12.3 Å². The molecule has 0 bridgehead atoms. The molecule has 1 aromatic heterocycles. The summed E-state index contributed by atoms with van der Waals surface area (Å²) >= 11 is 0. The molecule has 0 saturated heterocycles. The number of rotatable bonds is 8. The monoisotopic (exact) mass is 329 g/mol. The molecule has 128 valence electrons. The van der Waals surface area contributed by atoms with E-state index in [1.165, 1.54) is 16.3 Å². The standard InChI is InChI=1S/C16H31N3O2S/c1-8-9-14(15-10-11-17-19(15)13(2)3)12-16(4,5)18(6)22(7,20)21/h10-11,13-14H,8-9,12H2,1-7H3. The van der Waals surface area contributed by atoms with Gasteiger partial charge in [0.25, 0.3) is 0 Å². The van der Waals surface area contributed by atoms with Crippen molar-refractivity contribution in [2.24, 2.45) is 0 Å². The summed E-state index contributed by atoms with van der Waals surface area (Å²) in [6, 6.07) is 2.37. The van der Waals surface area contributed by atoms with Crippen molar-refractivity contribution in [3.63, 3.8) is 0 Å². The van der Waals surface area contributed by atoms with E-state index in [0.29, 0.717) is 12.0 Å². The molecule has 0 aliphatic rings. The van der Waals surface area contributed by atoms with Crippen molar-refractivity contribution < 1.29 is 8.42 Å². The van der Waals surface area contributed by atoms with E-state index >= 15 is 0 Å². The number of aromatic nitrogens is 2. The second-order valence-corrected chi connectivity index (χ2v) is 9.04. The molecule has 0 aliphatic heterocycles. The first-order valence-electron chi connectivity index (χ1n) is 7.98. The summed E-state index contributed by atoms with van der Waals surface area (Å²) in [6.45, 7) is 10.4. The van der Waals surface area contributed by atoms with Crippen molar-refractivity contribution in [3.8, 4) is 0 Å². The molecule has 5 nitrogen and oxygen atoms in total. The lowest BCUT2D eigenvalue weighted by Gasteiger charge is -2.37. The van der Waals surface area contributed by atoms with Gasteiger partial charge >= 0.3 is 0 Å². The molecule has 1 rings (SSSR count). The Morgan fingerprint density at radius 3 is 2.41 bits per heavy atom. The quantitative estimate of drug-likeness (QED) is 0.734. The molecule has 0 spiro atoms. The highest BCUT2D eigenvalue weighted by molar-refractivity contribution is 7.88. The zero-order valence-corrected chi connectivity index (χ0v) is 15.8. The largest absolute Gasteiger partial charge is 0.267 e. The fourth-order valence-corrected chi connectivity index (χ4v) is 3.93. The molecule has 0 N–H and O–H groups in total. The average molecular weight is 330 g/mol. The van der Waals surface area contributed by atoms with E-state index < -0.39 is 15.6 Å². The van der Waals surface area contributed by atoms with E-state index in [1.54, 1.807) is 7.05 Å². The summed E-state index contributed by atoms with van der Waals surface area (Å²) in [5.41, 5.74) is 0.770. The Hall–Kier alpha value is -0.880. The molecule has 0 radical (unpaired) electrons. The lowest BCUT2D eigenvalue weighted by molar-refractivity contribution is 0.225. The van der Waals surface area contributed by atoms with Crippen LogP contribution in [0.3, 0.4) is 0 Å². The molecular formula is C16H31N3O2S. The first-order chi connectivity index (χ1) is 10.0. The van der Waals surface area contributed by atoms with E-state index in [0.717, 1.165) is 19.3 Å². The first-order valence-corrected chi connectivity index (χ1v) is 9.83. The lowest BCUT2D eigenvalue weighted by Crippen LogP contribution is -2.45. The number of nitrogens with zero attached hydrogens (tertiary/aromatic N) is 3. The topological polar surface area (TPSA) is 55.2 Å². The van der Waals surface area contributed by atoms with Gasteiger partial charge in [-0.3, -0.25) is 4.68 Å². The number of sulfonamides is 1. The van der Waals surface area contributed by atoms with Crippen LogP contribution in [0.4, 0.5) is 0 Å². The number of hydrogen-bond donors (Lipinski definition) is 0. The highest BCUT2D eigenvalue weighted by atomic mass is 32.2. The predicted octanol–water partition coefficient (Wildman–Crippen LogP) is 3.41. The summed E-state index contributed by atoms with van der Waals surface area (Å²) in [7, 11) is -1.54. The van der Waals surface area contributed by atoms with Gasteiger partial charge in [-0.25, -0.2) is 8.42 Å². The Bertz CT molecular complexity index is 576. The van der Waals surface area contributed by atoms with Gasteiger partial charge < -0.3 is 0 Å². The van der Waals surface area contributed by atoms with Crippen molar-refractivity contribution >= 4 is 10.0 Å². The summed E-state index contributed by atoms with van der Waals surface area (Å²) in [5, 5.41) is 4.43. The molecule has 1 atom stereocenters. The third-order valence-corrected chi connectivity index (χ3v) is 5.83. The average Bonchev–Trinajstić information content (AvgIpc) is 2.85. The molecule has 1 aromatic rings. The minimum absolute atomic E-state index is 0.300. The fourth-order valence-electron chi connectivity index (χ4n) is 2.96. The van der Waals surface area contributed by atoms with Crippen LogP contribution in [0.2, 0.25) is 0 Å². The fraction of sp³-hybridized carbons (Fsp3) is 0.812. The van der Waals surface area contributed by atoms with Crippen LogP contribution >= 0.6 is 0 Å².